The summed E-state index contributed by atoms with van der Waals surface area (Å²) in [5.41, 5.74) is 6.19. The standard InChI is InChI=1S/C19H29N5O4S/c1-6-24-16-8-7-14(29(27,28)23(4)5)12-15(16)20-17(24)9-10-18(25)21-22-19(26)11-13(2)3/h7-8,12-13H,6,9-11H2,1-5H3,(H,21,25)(H,22,26). The number of carbonyl (C=O) groups is 2. The van der Waals surface area contributed by atoms with Gasteiger partial charge in [0.05, 0.1) is 15.9 Å². The van der Waals surface area contributed by atoms with Crippen LogP contribution in [0.3, 0.4) is 0 Å². The van der Waals surface area contributed by atoms with Gasteiger partial charge in [0.15, 0.2) is 0 Å². The molecule has 0 radical (unpaired) electrons. The zero-order valence-electron chi connectivity index (χ0n) is 17.5. The van der Waals surface area contributed by atoms with Crippen molar-refractivity contribution in [3.8, 4) is 0 Å². The fourth-order valence-electron chi connectivity index (χ4n) is 2.92. The van der Waals surface area contributed by atoms with Gasteiger partial charge in [0.25, 0.3) is 0 Å². The van der Waals surface area contributed by atoms with Crippen LogP contribution >= 0.6 is 0 Å². The maximum Gasteiger partial charge on any atom is 0.242 e. The first-order valence-electron chi connectivity index (χ1n) is 9.55. The van der Waals surface area contributed by atoms with Crippen molar-refractivity contribution >= 4 is 32.9 Å². The van der Waals surface area contributed by atoms with E-state index in [2.05, 4.69) is 15.8 Å². The molecule has 2 N–H and O–H groups in total. The third-order valence-corrected chi connectivity index (χ3v) is 6.22. The summed E-state index contributed by atoms with van der Waals surface area (Å²) < 4.78 is 27.8. The molecule has 2 aromatic rings. The molecule has 1 aromatic carbocycles. The molecule has 0 saturated heterocycles. The lowest BCUT2D eigenvalue weighted by atomic mass is 10.1. The van der Waals surface area contributed by atoms with Crippen molar-refractivity contribution < 1.29 is 18.0 Å². The van der Waals surface area contributed by atoms with Crippen LogP contribution in [0, 0.1) is 5.92 Å². The largest absolute Gasteiger partial charge is 0.328 e. The van der Waals surface area contributed by atoms with Gasteiger partial charge in [0.2, 0.25) is 21.8 Å². The number of hydrogen-bond acceptors (Lipinski definition) is 5. The molecule has 9 nitrogen and oxygen atoms in total. The van der Waals surface area contributed by atoms with Gasteiger partial charge in [-0.3, -0.25) is 20.4 Å². The van der Waals surface area contributed by atoms with Crippen LogP contribution in [0.5, 0.6) is 0 Å². The predicted molar refractivity (Wildman–Crippen MR) is 110 cm³/mol. The van der Waals surface area contributed by atoms with Crippen molar-refractivity contribution in [2.75, 3.05) is 14.1 Å². The minimum atomic E-state index is -3.55. The summed E-state index contributed by atoms with van der Waals surface area (Å²) in [6.07, 6.45) is 0.850. The Morgan fingerprint density at radius 2 is 1.83 bits per heavy atom. The van der Waals surface area contributed by atoms with Crippen LogP contribution < -0.4 is 10.9 Å². The highest BCUT2D eigenvalue weighted by Crippen LogP contribution is 2.22. The van der Waals surface area contributed by atoms with Crippen molar-refractivity contribution in [2.24, 2.45) is 5.92 Å². The maximum absolute atomic E-state index is 12.3. The van der Waals surface area contributed by atoms with Gasteiger partial charge in [0, 0.05) is 39.9 Å². The second-order valence-corrected chi connectivity index (χ2v) is 9.56. The Labute approximate surface area is 171 Å². The summed E-state index contributed by atoms with van der Waals surface area (Å²) >= 11 is 0. The molecule has 0 atom stereocenters. The number of benzene rings is 1. The van der Waals surface area contributed by atoms with E-state index in [9.17, 15) is 18.0 Å². The second-order valence-electron chi connectivity index (χ2n) is 7.40. The van der Waals surface area contributed by atoms with Crippen molar-refractivity contribution in [2.45, 2.75) is 51.5 Å². The molecule has 1 heterocycles. The molecule has 2 amide bonds. The van der Waals surface area contributed by atoms with E-state index in [-0.39, 0.29) is 29.0 Å². The van der Waals surface area contributed by atoms with Crippen molar-refractivity contribution in [3.63, 3.8) is 0 Å². The Morgan fingerprint density at radius 3 is 2.41 bits per heavy atom. The lowest BCUT2D eigenvalue weighted by Gasteiger charge is -2.11. The second kappa shape index (κ2) is 9.36. The Hall–Kier alpha value is -2.46. The summed E-state index contributed by atoms with van der Waals surface area (Å²) in [5.74, 6) is 0.347. The Kier molecular flexibility index (Phi) is 7.37. The fraction of sp³-hybridized carbons (Fsp3) is 0.526. The van der Waals surface area contributed by atoms with Gasteiger partial charge in [-0.1, -0.05) is 13.8 Å². The van der Waals surface area contributed by atoms with Crippen LogP contribution in [-0.2, 0) is 32.6 Å². The SMILES string of the molecule is CCn1c(CCC(=O)NNC(=O)CC(C)C)nc2cc(S(=O)(=O)N(C)C)ccc21. The minimum absolute atomic E-state index is 0.147. The highest BCUT2D eigenvalue weighted by Gasteiger charge is 2.19. The first-order valence-corrected chi connectivity index (χ1v) is 11.0. The summed E-state index contributed by atoms with van der Waals surface area (Å²) in [6, 6.07) is 4.84. The highest BCUT2D eigenvalue weighted by atomic mass is 32.2. The zero-order valence-corrected chi connectivity index (χ0v) is 18.3. The number of amides is 2. The van der Waals surface area contributed by atoms with Gasteiger partial charge in [0.1, 0.15) is 5.82 Å². The number of nitrogens with zero attached hydrogens (tertiary/aromatic N) is 3. The van der Waals surface area contributed by atoms with E-state index in [0.29, 0.717) is 30.7 Å². The lowest BCUT2D eigenvalue weighted by Crippen LogP contribution is -2.42. The molecule has 0 spiro atoms. The molecule has 0 saturated carbocycles. The molecule has 0 bridgehead atoms. The number of rotatable bonds is 8. The van der Waals surface area contributed by atoms with E-state index in [1.807, 2.05) is 25.3 Å². The number of aromatic nitrogens is 2. The zero-order chi connectivity index (χ0) is 21.8. The molecule has 0 aliphatic heterocycles. The molecule has 160 valence electrons. The average molecular weight is 424 g/mol. The number of hydrazine groups is 1. The van der Waals surface area contributed by atoms with Crippen LogP contribution in [0.4, 0.5) is 0 Å². The quantitative estimate of drug-likeness (QED) is 0.624. The number of hydrogen-bond donors (Lipinski definition) is 2. The molecule has 1 aromatic heterocycles. The number of sulfonamides is 1. The normalized spacial score (nSPS) is 12.0. The number of aryl methyl sites for hydroxylation is 2. The van der Waals surface area contributed by atoms with Gasteiger partial charge in [-0.05, 0) is 31.0 Å². The molecule has 0 fully saturated rings. The molecule has 0 unspecified atom stereocenters. The van der Waals surface area contributed by atoms with Gasteiger partial charge < -0.3 is 4.57 Å². The maximum atomic E-state index is 12.3. The smallest absolute Gasteiger partial charge is 0.242 e. The molecular weight excluding hydrogens is 394 g/mol. The van der Waals surface area contributed by atoms with Crippen LogP contribution in [-0.4, -0.2) is 48.2 Å². The molecule has 10 heteroatoms. The Balaban J connectivity index is 2.13. The van der Waals surface area contributed by atoms with Gasteiger partial charge in [-0.2, -0.15) is 0 Å². The number of fused-ring (bicyclic) bond motifs is 1. The third kappa shape index (κ3) is 5.54. The van der Waals surface area contributed by atoms with Gasteiger partial charge >= 0.3 is 0 Å². The molecule has 0 aliphatic carbocycles. The number of nitrogens with one attached hydrogen (secondary N) is 2. The first-order chi connectivity index (χ1) is 13.6. The van der Waals surface area contributed by atoms with Crippen molar-refractivity contribution in [1.82, 2.24) is 24.7 Å². The van der Waals surface area contributed by atoms with Crippen LogP contribution in [0.1, 0.15) is 39.4 Å². The van der Waals surface area contributed by atoms with E-state index in [0.717, 1.165) is 9.82 Å². The summed E-state index contributed by atoms with van der Waals surface area (Å²) in [5, 5.41) is 0. The summed E-state index contributed by atoms with van der Waals surface area (Å²) in [6.45, 7) is 6.44. The minimum Gasteiger partial charge on any atom is -0.328 e. The fourth-order valence-corrected chi connectivity index (χ4v) is 3.85. The van der Waals surface area contributed by atoms with Crippen LogP contribution in [0.15, 0.2) is 23.1 Å². The van der Waals surface area contributed by atoms with E-state index >= 15 is 0 Å². The van der Waals surface area contributed by atoms with Gasteiger partial charge in [-0.15, -0.1) is 0 Å². The predicted octanol–water partition coefficient (Wildman–Crippen LogP) is 1.43. The van der Waals surface area contributed by atoms with E-state index < -0.39 is 10.0 Å². The monoisotopic (exact) mass is 423 g/mol. The summed E-state index contributed by atoms with van der Waals surface area (Å²) in [4.78, 5) is 28.4. The molecule has 29 heavy (non-hydrogen) atoms. The highest BCUT2D eigenvalue weighted by molar-refractivity contribution is 7.89. The molecule has 0 aliphatic rings. The number of imidazole rings is 1. The van der Waals surface area contributed by atoms with Crippen LogP contribution in [0.25, 0.3) is 11.0 Å². The lowest BCUT2D eigenvalue weighted by molar-refractivity contribution is -0.129. The van der Waals surface area contributed by atoms with Crippen molar-refractivity contribution in [3.05, 3.63) is 24.0 Å². The first kappa shape index (κ1) is 22.8. The van der Waals surface area contributed by atoms with E-state index in [1.165, 1.54) is 14.1 Å². The van der Waals surface area contributed by atoms with E-state index in [4.69, 9.17) is 0 Å². The topological polar surface area (TPSA) is 113 Å². The van der Waals surface area contributed by atoms with Crippen molar-refractivity contribution in [1.29, 1.82) is 0 Å². The molecule has 2 rings (SSSR count). The average Bonchev–Trinajstić information content (AvgIpc) is 3.00. The van der Waals surface area contributed by atoms with E-state index in [1.54, 1.807) is 18.2 Å². The Morgan fingerprint density at radius 1 is 1.17 bits per heavy atom. The Bertz CT molecular complexity index is 995. The summed E-state index contributed by atoms with van der Waals surface area (Å²) in [7, 11) is -0.588. The molecular formula is C19H29N5O4S. The van der Waals surface area contributed by atoms with Crippen LogP contribution in [0.2, 0.25) is 0 Å². The third-order valence-electron chi connectivity index (χ3n) is 4.40. The van der Waals surface area contributed by atoms with Gasteiger partial charge in [-0.25, -0.2) is 17.7 Å². The number of carbonyl (C=O) groups excluding carboxylic acids is 2.